The Kier molecular flexibility index (Phi) is 8.66. The summed E-state index contributed by atoms with van der Waals surface area (Å²) in [5, 5.41) is 2.50. The van der Waals surface area contributed by atoms with E-state index in [9.17, 15) is 0 Å². The van der Waals surface area contributed by atoms with Gasteiger partial charge in [0.25, 0.3) is 0 Å². The third-order valence-electron chi connectivity index (χ3n) is 10.1. The second-order valence-corrected chi connectivity index (χ2v) is 13.3. The van der Waals surface area contributed by atoms with Crippen LogP contribution in [0.5, 0.6) is 0 Å². The van der Waals surface area contributed by atoms with Crippen LogP contribution in [-0.4, -0.2) is 0 Å². The van der Waals surface area contributed by atoms with Crippen molar-refractivity contribution >= 4 is 27.8 Å². The Labute approximate surface area is 311 Å². The molecule has 0 spiro atoms. The number of benzene rings is 9. The van der Waals surface area contributed by atoms with E-state index in [2.05, 4.69) is 229 Å². The van der Waals surface area contributed by atoms with Crippen molar-refractivity contribution in [1.82, 2.24) is 0 Å². The van der Waals surface area contributed by atoms with E-state index in [1.165, 1.54) is 66.4 Å². The lowest BCUT2D eigenvalue weighted by Gasteiger charge is -2.27. The molecule has 9 aromatic rings. The highest BCUT2D eigenvalue weighted by Gasteiger charge is 2.19. The maximum atomic E-state index is 2.37. The van der Waals surface area contributed by atoms with E-state index in [0.29, 0.717) is 0 Å². The molecule has 0 saturated heterocycles. The quantitative estimate of drug-likeness (QED) is 0.155. The molecule has 0 aromatic heterocycles. The van der Waals surface area contributed by atoms with Crippen LogP contribution < -0.4 is 4.90 Å². The van der Waals surface area contributed by atoms with Gasteiger partial charge < -0.3 is 4.90 Å². The maximum absolute atomic E-state index is 2.37. The van der Waals surface area contributed by atoms with E-state index in [-0.39, 0.29) is 0 Å². The van der Waals surface area contributed by atoms with Crippen molar-refractivity contribution in [2.75, 3.05) is 4.90 Å². The van der Waals surface area contributed by atoms with Gasteiger partial charge in [0.05, 0.1) is 0 Å². The van der Waals surface area contributed by atoms with Gasteiger partial charge in [-0.2, -0.15) is 0 Å². The Morgan fingerprint density at radius 2 is 0.623 bits per heavy atom. The minimum atomic E-state index is 1.09. The second-order valence-electron chi connectivity index (χ2n) is 13.3. The lowest BCUT2D eigenvalue weighted by atomic mass is 9.87. The van der Waals surface area contributed by atoms with Crippen molar-refractivity contribution in [2.24, 2.45) is 0 Å². The van der Waals surface area contributed by atoms with E-state index in [1.807, 2.05) is 0 Å². The predicted molar refractivity (Wildman–Crippen MR) is 226 cm³/mol. The SMILES string of the molecule is c1ccc(-c2ccc(N(c3ccc(-c4ccccc4)cc3)c3ccc(-c4ccccc4-c4cccc5ccccc45)c(-c4ccccc4)c3)cc2)cc1. The van der Waals surface area contributed by atoms with Crippen molar-refractivity contribution in [3.8, 4) is 55.6 Å². The predicted octanol–water partition coefficient (Wildman–Crippen LogP) is 14.6. The molecule has 53 heavy (non-hydrogen) atoms. The molecule has 0 amide bonds. The molecule has 0 aliphatic heterocycles. The molecule has 250 valence electrons. The lowest BCUT2D eigenvalue weighted by Crippen LogP contribution is -2.10. The van der Waals surface area contributed by atoms with E-state index in [0.717, 1.165) is 17.1 Å². The highest BCUT2D eigenvalue weighted by Crippen LogP contribution is 2.44. The van der Waals surface area contributed by atoms with Crippen LogP contribution >= 0.6 is 0 Å². The van der Waals surface area contributed by atoms with Gasteiger partial charge in [-0.1, -0.05) is 188 Å². The molecule has 0 aliphatic carbocycles. The Balaban J connectivity index is 1.21. The lowest BCUT2D eigenvalue weighted by molar-refractivity contribution is 1.28. The highest BCUT2D eigenvalue weighted by atomic mass is 15.1. The fourth-order valence-electron chi connectivity index (χ4n) is 7.49. The number of anilines is 3. The van der Waals surface area contributed by atoms with Crippen molar-refractivity contribution in [2.45, 2.75) is 0 Å². The van der Waals surface area contributed by atoms with Crippen LogP contribution in [0.15, 0.2) is 224 Å². The fourth-order valence-corrected chi connectivity index (χ4v) is 7.49. The molecule has 0 radical (unpaired) electrons. The van der Waals surface area contributed by atoms with Gasteiger partial charge in [-0.05, 0) is 103 Å². The molecule has 9 rings (SSSR count). The van der Waals surface area contributed by atoms with Gasteiger partial charge in [-0.3, -0.25) is 0 Å². The van der Waals surface area contributed by atoms with Crippen LogP contribution in [-0.2, 0) is 0 Å². The standard InChI is InChI=1S/C52H37N/c1-4-15-38(16-5-1)40-27-31-44(32-28-40)53(45-33-29-41(30-34-45)39-17-6-2-7-18-39)46-35-36-51(52(37-46)43-19-8-3-9-20-43)50-25-13-12-24-49(50)48-26-14-22-42-21-10-11-23-47(42)48/h1-37H. The molecule has 1 nitrogen and oxygen atoms in total. The average molecular weight is 676 g/mol. The summed E-state index contributed by atoms with van der Waals surface area (Å²) in [7, 11) is 0. The molecule has 9 aromatic carbocycles. The van der Waals surface area contributed by atoms with Gasteiger partial charge >= 0.3 is 0 Å². The molecule has 1 heteroatoms. The summed E-state index contributed by atoms with van der Waals surface area (Å²) >= 11 is 0. The van der Waals surface area contributed by atoms with E-state index >= 15 is 0 Å². The molecule has 0 heterocycles. The smallest absolute Gasteiger partial charge is 0.0468 e. The molecule has 0 unspecified atom stereocenters. The number of fused-ring (bicyclic) bond motifs is 1. The summed E-state index contributed by atoms with van der Waals surface area (Å²) in [4.78, 5) is 2.37. The van der Waals surface area contributed by atoms with Crippen LogP contribution in [0, 0.1) is 0 Å². The Bertz CT molecular complexity index is 2540. The second kappa shape index (κ2) is 14.3. The molecule has 0 bridgehead atoms. The Morgan fingerprint density at radius 1 is 0.226 bits per heavy atom. The molecule has 0 aliphatic rings. The summed E-state index contributed by atoms with van der Waals surface area (Å²) in [5.41, 5.74) is 15.3. The molecule has 0 atom stereocenters. The van der Waals surface area contributed by atoms with E-state index in [4.69, 9.17) is 0 Å². The summed E-state index contributed by atoms with van der Waals surface area (Å²) in [6.45, 7) is 0. The van der Waals surface area contributed by atoms with Crippen molar-refractivity contribution in [3.63, 3.8) is 0 Å². The van der Waals surface area contributed by atoms with Crippen LogP contribution in [0.3, 0.4) is 0 Å². The molecular weight excluding hydrogens is 639 g/mol. The minimum Gasteiger partial charge on any atom is -0.310 e. The van der Waals surface area contributed by atoms with Crippen molar-refractivity contribution in [1.29, 1.82) is 0 Å². The van der Waals surface area contributed by atoms with Crippen LogP contribution in [0.2, 0.25) is 0 Å². The van der Waals surface area contributed by atoms with Gasteiger partial charge in [-0.25, -0.2) is 0 Å². The van der Waals surface area contributed by atoms with Gasteiger partial charge in [0.2, 0.25) is 0 Å². The zero-order valence-electron chi connectivity index (χ0n) is 29.3. The normalized spacial score (nSPS) is 11.0. The topological polar surface area (TPSA) is 3.24 Å². The number of nitrogens with zero attached hydrogens (tertiary/aromatic N) is 1. The summed E-state index contributed by atoms with van der Waals surface area (Å²) in [6.07, 6.45) is 0. The number of hydrogen-bond acceptors (Lipinski definition) is 1. The molecular formula is C52H37N. The third-order valence-corrected chi connectivity index (χ3v) is 10.1. The Morgan fingerprint density at radius 3 is 1.21 bits per heavy atom. The first-order valence-electron chi connectivity index (χ1n) is 18.2. The average Bonchev–Trinajstić information content (AvgIpc) is 3.25. The van der Waals surface area contributed by atoms with Gasteiger partial charge in [0, 0.05) is 17.1 Å². The monoisotopic (exact) mass is 675 g/mol. The third kappa shape index (κ3) is 6.42. The summed E-state index contributed by atoms with van der Waals surface area (Å²) in [5.74, 6) is 0. The first-order chi connectivity index (χ1) is 26.3. The van der Waals surface area contributed by atoms with Crippen LogP contribution in [0.4, 0.5) is 17.1 Å². The molecule has 0 fully saturated rings. The van der Waals surface area contributed by atoms with Gasteiger partial charge in [0.15, 0.2) is 0 Å². The van der Waals surface area contributed by atoms with Gasteiger partial charge in [-0.15, -0.1) is 0 Å². The minimum absolute atomic E-state index is 1.09. The number of rotatable bonds is 8. The first kappa shape index (κ1) is 32.0. The van der Waals surface area contributed by atoms with Gasteiger partial charge in [0.1, 0.15) is 0 Å². The van der Waals surface area contributed by atoms with Crippen molar-refractivity contribution in [3.05, 3.63) is 224 Å². The highest BCUT2D eigenvalue weighted by molar-refractivity contribution is 6.02. The molecule has 0 N–H and O–H groups in total. The zero-order chi connectivity index (χ0) is 35.4. The van der Waals surface area contributed by atoms with Crippen LogP contribution in [0.25, 0.3) is 66.4 Å². The number of hydrogen-bond donors (Lipinski definition) is 0. The van der Waals surface area contributed by atoms with E-state index < -0.39 is 0 Å². The van der Waals surface area contributed by atoms with Crippen molar-refractivity contribution < 1.29 is 0 Å². The van der Waals surface area contributed by atoms with Crippen LogP contribution in [0.1, 0.15) is 0 Å². The summed E-state index contributed by atoms with van der Waals surface area (Å²) < 4.78 is 0. The first-order valence-corrected chi connectivity index (χ1v) is 18.2. The summed E-state index contributed by atoms with van der Waals surface area (Å²) in [6, 6.07) is 80.8. The fraction of sp³-hybridized carbons (Fsp3) is 0. The Hall–Kier alpha value is -6.96. The molecule has 0 saturated carbocycles. The maximum Gasteiger partial charge on any atom is 0.0468 e. The zero-order valence-corrected chi connectivity index (χ0v) is 29.3. The van der Waals surface area contributed by atoms with E-state index in [1.54, 1.807) is 0 Å². The largest absolute Gasteiger partial charge is 0.310 e.